The Morgan fingerprint density at radius 1 is 1.22 bits per heavy atom. The number of aromatic nitrogens is 2. The number of nitrogens with zero attached hydrogens (tertiary/aromatic N) is 2. The molecule has 0 radical (unpaired) electrons. The molecule has 0 fully saturated rings. The van der Waals surface area contributed by atoms with Crippen molar-refractivity contribution in [2.75, 3.05) is 5.32 Å². The fourth-order valence-electron chi connectivity index (χ4n) is 2.26. The summed E-state index contributed by atoms with van der Waals surface area (Å²) in [7, 11) is 0. The van der Waals surface area contributed by atoms with Crippen LogP contribution in [0.25, 0.3) is 11.3 Å². The number of carbonyl (C=O) groups is 1. The predicted molar refractivity (Wildman–Crippen MR) is 88.8 cm³/mol. The van der Waals surface area contributed by atoms with Gasteiger partial charge in [0.15, 0.2) is 0 Å². The Morgan fingerprint density at radius 2 is 1.96 bits per heavy atom. The molecular formula is C17H10ClF4N3O2. The molecule has 5 nitrogen and oxygen atoms in total. The first kappa shape index (κ1) is 18.8. The van der Waals surface area contributed by atoms with E-state index >= 15 is 0 Å². The molecule has 0 aliphatic rings. The van der Waals surface area contributed by atoms with E-state index in [1.54, 1.807) is 0 Å². The minimum atomic E-state index is -4.70. The van der Waals surface area contributed by atoms with E-state index in [1.807, 2.05) is 0 Å². The molecule has 3 aromatic rings. The highest BCUT2D eigenvalue weighted by molar-refractivity contribution is 6.34. The fourth-order valence-corrected chi connectivity index (χ4v) is 2.47. The van der Waals surface area contributed by atoms with Crippen molar-refractivity contribution in [2.45, 2.75) is 13.1 Å². The molecular weight excluding hydrogens is 390 g/mol. The second-order valence-corrected chi connectivity index (χ2v) is 5.79. The summed E-state index contributed by atoms with van der Waals surface area (Å²) >= 11 is 5.75. The lowest BCUT2D eigenvalue weighted by Crippen LogP contribution is -2.13. The largest absolute Gasteiger partial charge is 0.468 e. The first-order valence-corrected chi connectivity index (χ1v) is 7.81. The number of hydrogen-bond donors (Lipinski definition) is 1. The van der Waals surface area contributed by atoms with E-state index in [0.29, 0.717) is 0 Å². The Morgan fingerprint density at radius 3 is 2.56 bits per heavy atom. The SMILES string of the molecule is Cc1oc(C(F)(F)F)nc1-c1ccc(NC(=O)c2cccc(F)c2Cl)nc1. The Kier molecular flexibility index (Phi) is 4.88. The number of benzene rings is 1. The van der Waals surface area contributed by atoms with Crippen LogP contribution >= 0.6 is 11.6 Å². The normalized spacial score (nSPS) is 11.5. The smallest absolute Gasteiger partial charge is 0.438 e. The number of anilines is 1. The van der Waals surface area contributed by atoms with Crippen molar-refractivity contribution in [2.24, 2.45) is 0 Å². The Hall–Kier alpha value is -2.94. The quantitative estimate of drug-likeness (QED) is 0.621. The van der Waals surface area contributed by atoms with Crippen molar-refractivity contribution in [1.29, 1.82) is 0 Å². The van der Waals surface area contributed by atoms with E-state index < -0.39 is 23.8 Å². The van der Waals surface area contributed by atoms with Gasteiger partial charge in [-0.3, -0.25) is 4.79 Å². The van der Waals surface area contributed by atoms with E-state index in [9.17, 15) is 22.4 Å². The maximum atomic E-state index is 13.4. The average molecular weight is 400 g/mol. The highest BCUT2D eigenvalue weighted by Gasteiger charge is 2.38. The van der Waals surface area contributed by atoms with Crippen LogP contribution in [0.2, 0.25) is 5.02 Å². The molecule has 0 saturated heterocycles. The average Bonchev–Trinajstić information content (AvgIpc) is 3.00. The van der Waals surface area contributed by atoms with Crippen molar-refractivity contribution < 1.29 is 26.8 Å². The van der Waals surface area contributed by atoms with Crippen LogP contribution in [0.15, 0.2) is 40.9 Å². The summed E-state index contributed by atoms with van der Waals surface area (Å²) in [6.45, 7) is 1.35. The standard InChI is InChI=1S/C17H10ClF4N3O2/c1-8-14(25-16(27-8)17(20,21)22)9-5-6-12(23-7-9)24-15(26)10-3-2-4-11(19)13(10)18/h2-7H,1H3,(H,23,24,26). The zero-order valence-electron chi connectivity index (χ0n) is 13.6. The van der Waals surface area contributed by atoms with Crippen LogP contribution in [0, 0.1) is 12.7 Å². The number of carbonyl (C=O) groups excluding carboxylic acids is 1. The Balaban J connectivity index is 1.81. The fraction of sp³-hybridized carbons (Fsp3) is 0.118. The number of pyridine rings is 1. The van der Waals surface area contributed by atoms with Crippen LogP contribution in [0.5, 0.6) is 0 Å². The number of hydrogen-bond acceptors (Lipinski definition) is 4. The van der Waals surface area contributed by atoms with Crippen molar-refractivity contribution in [3.63, 3.8) is 0 Å². The molecule has 0 bridgehead atoms. The van der Waals surface area contributed by atoms with Gasteiger partial charge in [-0.25, -0.2) is 14.4 Å². The number of aryl methyl sites for hydroxylation is 1. The lowest BCUT2D eigenvalue weighted by molar-refractivity contribution is -0.157. The molecule has 27 heavy (non-hydrogen) atoms. The maximum Gasteiger partial charge on any atom is 0.468 e. The van der Waals surface area contributed by atoms with Gasteiger partial charge in [0.1, 0.15) is 23.1 Å². The molecule has 0 aliphatic carbocycles. The monoisotopic (exact) mass is 399 g/mol. The molecule has 2 heterocycles. The summed E-state index contributed by atoms with van der Waals surface area (Å²) in [5, 5.41) is 2.09. The molecule has 0 atom stereocenters. The van der Waals surface area contributed by atoms with E-state index in [0.717, 1.165) is 6.07 Å². The zero-order valence-corrected chi connectivity index (χ0v) is 14.3. The Labute approximate surface area is 155 Å². The summed E-state index contributed by atoms with van der Waals surface area (Å²) in [4.78, 5) is 19.5. The lowest BCUT2D eigenvalue weighted by atomic mass is 10.2. The van der Waals surface area contributed by atoms with E-state index in [1.165, 1.54) is 37.4 Å². The molecule has 10 heteroatoms. The predicted octanol–water partition coefficient (Wildman–Crippen LogP) is 5.11. The van der Waals surface area contributed by atoms with Crippen LogP contribution in [0.1, 0.15) is 22.0 Å². The first-order chi connectivity index (χ1) is 12.7. The summed E-state index contributed by atoms with van der Waals surface area (Å²) < 4.78 is 56.1. The highest BCUT2D eigenvalue weighted by Crippen LogP contribution is 2.33. The third kappa shape index (κ3) is 3.92. The van der Waals surface area contributed by atoms with Gasteiger partial charge in [-0.05, 0) is 31.2 Å². The van der Waals surface area contributed by atoms with Crippen LogP contribution in [-0.4, -0.2) is 15.9 Å². The number of halogens is 5. The lowest BCUT2D eigenvalue weighted by Gasteiger charge is -2.07. The molecule has 140 valence electrons. The number of alkyl halides is 3. The second kappa shape index (κ2) is 6.99. The van der Waals surface area contributed by atoms with E-state index in [-0.39, 0.29) is 33.4 Å². The van der Waals surface area contributed by atoms with Gasteiger partial charge in [-0.1, -0.05) is 17.7 Å². The Bertz CT molecular complexity index is 1000. The number of amides is 1. The number of rotatable bonds is 3. The van der Waals surface area contributed by atoms with Crippen molar-refractivity contribution in [3.8, 4) is 11.3 Å². The topological polar surface area (TPSA) is 68.0 Å². The van der Waals surface area contributed by atoms with Crippen molar-refractivity contribution >= 4 is 23.3 Å². The molecule has 0 aliphatic heterocycles. The molecule has 0 saturated carbocycles. The van der Waals surface area contributed by atoms with Gasteiger partial charge >= 0.3 is 12.1 Å². The van der Waals surface area contributed by atoms with E-state index in [2.05, 4.69) is 19.7 Å². The minimum absolute atomic E-state index is 0.0131. The molecule has 0 spiro atoms. The number of oxazole rings is 1. The summed E-state index contributed by atoms with van der Waals surface area (Å²) in [5.41, 5.74) is 0.180. The number of nitrogens with one attached hydrogen (secondary N) is 1. The van der Waals surface area contributed by atoms with Gasteiger partial charge in [0.05, 0.1) is 10.6 Å². The molecule has 1 aromatic carbocycles. The third-order valence-corrected chi connectivity index (χ3v) is 3.90. The molecule has 1 amide bonds. The van der Waals surface area contributed by atoms with E-state index in [4.69, 9.17) is 11.6 Å². The van der Waals surface area contributed by atoms with Crippen LogP contribution in [0.3, 0.4) is 0 Å². The molecule has 0 unspecified atom stereocenters. The van der Waals surface area contributed by atoms with Gasteiger partial charge < -0.3 is 9.73 Å². The van der Waals surface area contributed by atoms with Gasteiger partial charge in [0.25, 0.3) is 5.91 Å². The third-order valence-electron chi connectivity index (χ3n) is 3.51. The summed E-state index contributed by atoms with van der Waals surface area (Å²) in [5.74, 6) is -2.70. The van der Waals surface area contributed by atoms with Crippen LogP contribution in [0.4, 0.5) is 23.4 Å². The van der Waals surface area contributed by atoms with Crippen molar-refractivity contribution in [1.82, 2.24) is 9.97 Å². The second-order valence-electron chi connectivity index (χ2n) is 5.41. The zero-order chi connectivity index (χ0) is 19.8. The van der Waals surface area contributed by atoms with Crippen LogP contribution in [-0.2, 0) is 6.18 Å². The van der Waals surface area contributed by atoms with Gasteiger partial charge in [-0.15, -0.1) is 0 Å². The van der Waals surface area contributed by atoms with Gasteiger partial charge in [0.2, 0.25) is 0 Å². The van der Waals surface area contributed by atoms with Gasteiger partial charge in [-0.2, -0.15) is 13.2 Å². The van der Waals surface area contributed by atoms with Crippen LogP contribution < -0.4 is 5.32 Å². The molecule has 1 N–H and O–H groups in total. The molecule has 2 aromatic heterocycles. The summed E-state index contributed by atoms with van der Waals surface area (Å²) in [6, 6.07) is 6.56. The first-order valence-electron chi connectivity index (χ1n) is 7.43. The highest BCUT2D eigenvalue weighted by atomic mass is 35.5. The molecule has 3 rings (SSSR count). The maximum absolute atomic E-state index is 13.4. The van der Waals surface area contributed by atoms with Crippen molar-refractivity contribution in [3.05, 3.63) is 64.6 Å². The van der Waals surface area contributed by atoms with Gasteiger partial charge in [0, 0.05) is 11.8 Å². The minimum Gasteiger partial charge on any atom is -0.438 e. The summed E-state index contributed by atoms with van der Waals surface area (Å²) in [6.07, 6.45) is -3.47.